The monoisotopic (exact) mass is 228 g/mol. The number of nitrogens with two attached hydrogens (primary N) is 1. The summed E-state index contributed by atoms with van der Waals surface area (Å²) in [4.78, 5) is 0. The Balaban J connectivity index is 3.19. The van der Waals surface area contributed by atoms with Crippen LogP contribution < -0.4 is 9.86 Å². The lowest BCUT2D eigenvalue weighted by molar-refractivity contribution is 0.590. The molecule has 15 heavy (non-hydrogen) atoms. The average Bonchev–Trinajstić information content (AvgIpc) is 1.99. The Morgan fingerprint density at radius 2 is 1.73 bits per heavy atom. The van der Waals surface area contributed by atoms with Gasteiger partial charge in [0.25, 0.3) is 10.2 Å². The van der Waals surface area contributed by atoms with Crippen LogP contribution in [0.15, 0.2) is 24.3 Å². The van der Waals surface area contributed by atoms with Crippen molar-refractivity contribution in [3.8, 4) is 0 Å². The van der Waals surface area contributed by atoms with Gasteiger partial charge in [-0.1, -0.05) is 39.0 Å². The van der Waals surface area contributed by atoms with Gasteiger partial charge in [0.15, 0.2) is 0 Å². The molecule has 0 bridgehead atoms. The highest BCUT2D eigenvalue weighted by Gasteiger charge is 2.18. The molecule has 84 valence electrons. The zero-order chi connectivity index (χ0) is 11.7. The predicted molar refractivity (Wildman–Crippen MR) is 61.9 cm³/mol. The molecule has 0 spiro atoms. The van der Waals surface area contributed by atoms with Crippen molar-refractivity contribution in [2.24, 2.45) is 5.14 Å². The molecule has 1 aromatic rings. The van der Waals surface area contributed by atoms with Crippen LogP contribution in [0.2, 0.25) is 0 Å². The lowest BCUT2D eigenvalue weighted by Crippen LogP contribution is -2.24. The second-order valence-corrected chi connectivity index (χ2v) is 5.74. The first-order valence-electron chi connectivity index (χ1n) is 4.60. The molecular weight excluding hydrogens is 212 g/mol. The van der Waals surface area contributed by atoms with Crippen LogP contribution in [0.4, 0.5) is 5.69 Å². The third-order valence-corrected chi connectivity index (χ3v) is 2.49. The van der Waals surface area contributed by atoms with E-state index in [1.54, 1.807) is 12.1 Å². The molecule has 0 saturated heterocycles. The second-order valence-electron chi connectivity index (χ2n) is 4.44. The fraction of sp³-hybridized carbons (Fsp3) is 0.400. The number of nitrogens with one attached hydrogen (secondary N) is 1. The summed E-state index contributed by atoms with van der Waals surface area (Å²) in [6, 6.07) is 7.22. The lowest BCUT2D eigenvalue weighted by Gasteiger charge is -2.22. The Kier molecular flexibility index (Phi) is 3.06. The van der Waals surface area contributed by atoms with E-state index in [0.717, 1.165) is 5.56 Å². The van der Waals surface area contributed by atoms with Gasteiger partial charge in [0, 0.05) is 0 Å². The minimum Gasteiger partial charge on any atom is -0.271 e. The summed E-state index contributed by atoms with van der Waals surface area (Å²) in [5.41, 5.74) is 1.32. The van der Waals surface area contributed by atoms with Crippen LogP contribution in [0.1, 0.15) is 26.3 Å². The molecule has 1 rings (SSSR count). The minimum atomic E-state index is -3.71. The molecule has 1 aromatic carbocycles. The van der Waals surface area contributed by atoms with Gasteiger partial charge in [0.05, 0.1) is 5.69 Å². The molecule has 4 nitrogen and oxygen atoms in total. The molecular formula is C10H16N2O2S. The lowest BCUT2D eigenvalue weighted by atomic mass is 9.86. The molecule has 0 fully saturated rings. The van der Waals surface area contributed by atoms with Crippen molar-refractivity contribution in [1.29, 1.82) is 0 Å². The summed E-state index contributed by atoms with van der Waals surface area (Å²) in [6.07, 6.45) is 0. The maximum absolute atomic E-state index is 10.9. The number of benzene rings is 1. The van der Waals surface area contributed by atoms with Gasteiger partial charge in [-0.05, 0) is 17.0 Å². The SMILES string of the molecule is CC(C)(C)c1ccccc1NS(N)(=O)=O. The molecule has 0 aromatic heterocycles. The number of anilines is 1. The van der Waals surface area contributed by atoms with E-state index in [4.69, 9.17) is 5.14 Å². The van der Waals surface area contributed by atoms with Crippen LogP contribution in [-0.4, -0.2) is 8.42 Å². The number of hydrogen-bond acceptors (Lipinski definition) is 2. The van der Waals surface area contributed by atoms with Crippen molar-refractivity contribution in [2.75, 3.05) is 4.72 Å². The van der Waals surface area contributed by atoms with Crippen LogP contribution in [0.3, 0.4) is 0 Å². The first kappa shape index (κ1) is 12.0. The maximum atomic E-state index is 10.9. The molecule has 0 aliphatic carbocycles. The van der Waals surface area contributed by atoms with Gasteiger partial charge in [-0.15, -0.1) is 0 Å². The van der Waals surface area contributed by atoms with E-state index in [1.807, 2.05) is 32.9 Å². The van der Waals surface area contributed by atoms with Gasteiger partial charge in [-0.2, -0.15) is 8.42 Å². The molecule has 0 aliphatic rings. The molecule has 0 amide bonds. The van der Waals surface area contributed by atoms with Crippen molar-refractivity contribution in [1.82, 2.24) is 0 Å². The zero-order valence-electron chi connectivity index (χ0n) is 9.11. The van der Waals surface area contributed by atoms with E-state index < -0.39 is 10.2 Å². The van der Waals surface area contributed by atoms with Crippen LogP contribution >= 0.6 is 0 Å². The molecule has 0 radical (unpaired) electrons. The third kappa shape index (κ3) is 3.53. The maximum Gasteiger partial charge on any atom is 0.296 e. The summed E-state index contributed by atoms with van der Waals surface area (Å²) in [5, 5.41) is 4.94. The van der Waals surface area contributed by atoms with Crippen LogP contribution in [-0.2, 0) is 15.6 Å². The largest absolute Gasteiger partial charge is 0.296 e. The molecule has 0 aliphatic heterocycles. The third-order valence-electron chi connectivity index (χ3n) is 1.99. The van der Waals surface area contributed by atoms with Crippen molar-refractivity contribution in [3.05, 3.63) is 29.8 Å². The highest BCUT2D eigenvalue weighted by molar-refractivity contribution is 7.90. The fourth-order valence-corrected chi connectivity index (χ4v) is 1.86. The van der Waals surface area contributed by atoms with E-state index >= 15 is 0 Å². The van der Waals surface area contributed by atoms with Gasteiger partial charge in [-0.3, -0.25) is 4.72 Å². The normalized spacial score (nSPS) is 12.5. The van der Waals surface area contributed by atoms with Crippen LogP contribution in [0.5, 0.6) is 0 Å². The highest BCUT2D eigenvalue weighted by Crippen LogP contribution is 2.29. The molecule has 0 heterocycles. The fourth-order valence-electron chi connectivity index (χ4n) is 1.38. The Morgan fingerprint density at radius 1 is 1.20 bits per heavy atom. The molecule has 0 atom stereocenters. The molecule has 0 unspecified atom stereocenters. The first-order chi connectivity index (χ1) is 6.70. The van der Waals surface area contributed by atoms with Gasteiger partial charge in [0.1, 0.15) is 0 Å². The van der Waals surface area contributed by atoms with E-state index in [2.05, 4.69) is 4.72 Å². The van der Waals surface area contributed by atoms with Gasteiger partial charge in [0.2, 0.25) is 0 Å². The van der Waals surface area contributed by atoms with Crippen molar-refractivity contribution in [2.45, 2.75) is 26.2 Å². The van der Waals surface area contributed by atoms with Crippen molar-refractivity contribution in [3.63, 3.8) is 0 Å². The summed E-state index contributed by atoms with van der Waals surface area (Å²) in [7, 11) is -3.71. The van der Waals surface area contributed by atoms with E-state index in [9.17, 15) is 8.42 Å². The molecule has 3 N–H and O–H groups in total. The summed E-state index contributed by atoms with van der Waals surface area (Å²) in [5.74, 6) is 0. The van der Waals surface area contributed by atoms with E-state index in [1.165, 1.54) is 0 Å². The van der Waals surface area contributed by atoms with Gasteiger partial charge < -0.3 is 0 Å². The van der Waals surface area contributed by atoms with Gasteiger partial charge >= 0.3 is 0 Å². The Labute approximate surface area is 90.7 Å². The summed E-state index contributed by atoms with van der Waals surface area (Å²) in [6.45, 7) is 6.03. The van der Waals surface area contributed by atoms with E-state index in [0.29, 0.717) is 5.69 Å². The smallest absolute Gasteiger partial charge is 0.271 e. The van der Waals surface area contributed by atoms with Gasteiger partial charge in [-0.25, -0.2) is 5.14 Å². The molecule has 0 saturated carbocycles. The number of hydrogen-bond donors (Lipinski definition) is 2. The summed E-state index contributed by atoms with van der Waals surface area (Å²) < 4.78 is 24.2. The zero-order valence-corrected chi connectivity index (χ0v) is 9.93. The topological polar surface area (TPSA) is 72.2 Å². The number of rotatable bonds is 2. The Hall–Kier alpha value is -1.07. The standard InChI is InChI=1S/C10H16N2O2S/c1-10(2,3)8-6-4-5-7-9(8)12-15(11,13)14/h4-7,12H,1-3H3,(H2,11,13,14). The summed E-state index contributed by atoms with van der Waals surface area (Å²) >= 11 is 0. The molecule has 5 heteroatoms. The van der Waals surface area contributed by atoms with Crippen molar-refractivity contribution >= 4 is 15.9 Å². The van der Waals surface area contributed by atoms with Crippen LogP contribution in [0, 0.1) is 0 Å². The second kappa shape index (κ2) is 3.83. The first-order valence-corrected chi connectivity index (χ1v) is 6.15. The highest BCUT2D eigenvalue weighted by atomic mass is 32.2. The Morgan fingerprint density at radius 3 is 2.20 bits per heavy atom. The number of para-hydroxylation sites is 1. The van der Waals surface area contributed by atoms with E-state index in [-0.39, 0.29) is 5.41 Å². The van der Waals surface area contributed by atoms with Crippen LogP contribution in [0.25, 0.3) is 0 Å². The van der Waals surface area contributed by atoms with Crippen molar-refractivity contribution < 1.29 is 8.42 Å². The quantitative estimate of drug-likeness (QED) is 0.807. The predicted octanol–water partition coefficient (Wildman–Crippen LogP) is 1.60. The average molecular weight is 228 g/mol. The minimum absolute atomic E-state index is 0.131. The Bertz CT molecular complexity index is 447.